The lowest BCUT2D eigenvalue weighted by atomic mass is 12.0. The summed E-state index contributed by atoms with van der Waals surface area (Å²) < 4.78 is 25.9. The van der Waals surface area contributed by atoms with Gasteiger partial charge in [0.15, 0.2) is 0 Å². The van der Waals surface area contributed by atoms with Gasteiger partial charge in [-0.1, -0.05) is 0 Å². The molecule has 0 saturated heterocycles. The molecule has 0 bridgehead atoms. The molecule has 0 atom stereocenters. The molecule has 0 aliphatic rings. The summed E-state index contributed by atoms with van der Waals surface area (Å²) in [6, 6.07) is 0. The monoisotopic (exact) mass is 147 g/mol. The average Bonchev–Trinajstić information content (AvgIpc) is 1.36. The van der Waals surface area contributed by atoms with Crippen LogP contribution in [0.2, 0.25) is 0 Å². The lowest BCUT2D eigenvalue weighted by molar-refractivity contribution is 0.490. The quantitative estimate of drug-likeness (QED) is 0.361. The maximum atomic E-state index is 9.19. The number of nitrogens with two attached hydrogens (primary N) is 1. The highest BCUT2D eigenvalue weighted by Crippen LogP contribution is 1.60. The molecule has 0 aliphatic carbocycles. The van der Waals surface area contributed by atoms with Gasteiger partial charge in [0.05, 0.1) is 6.26 Å². The largest absolute Gasteiger partial charge is 0.286 e. The van der Waals surface area contributed by atoms with Gasteiger partial charge in [0, 0.05) is 0 Å². The van der Waals surface area contributed by atoms with Gasteiger partial charge in [0.1, 0.15) is 0 Å². The average molecular weight is 148 g/mol. The summed E-state index contributed by atoms with van der Waals surface area (Å²) in [5.41, 5.74) is 0. The minimum Gasteiger partial charge on any atom is -0.286 e. The molecular weight excluding hydrogens is 142 g/mol. The zero-order valence-corrected chi connectivity index (χ0v) is 5.20. The van der Waals surface area contributed by atoms with E-state index >= 15 is 0 Å². The molecule has 3 N–H and O–H groups in total. The van der Waals surface area contributed by atoms with Gasteiger partial charge in [-0.25, -0.2) is 5.25 Å². The lowest BCUT2D eigenvalue weighted by Crippen LogP contribution is -1.88. The predicted molar refractivity (Wildman–Crippen MR) is 27.5 cm³/mol. The van der Waals surface area contributed by atoms with Crippen LogP contribution in [0, 0.1) is 0 Å². The first-order chi connectivity index (χ1) is 3.00. The van der Waals surface area contributed by atoms with Crippen molar-refractivity contribution in [1.29, 1.82) is 0 Å². The van der Waals surface area contributed by atoms with Crippen LogP contribution in [-0.4, -0.2) is 19.2 Å². The summed E-state index contributed by atoms with van der Waals surface area (Å²) in [5.74, 6) is 0. The highest BCUT2D eigenvalue weighted by Gasteiger charge is 1.81. The molecule has 0 aromatic rings. The van der Waals surface area contributed by atoms with Crippen molar-refractivity contribution in [1.82, 2.24) is 0 Å². The van der Waals surface area contributed by atoms with Crippen molar-refractivity contribution in [3.63, 3.8) is 0 Å². The Hall–Kier alpha value is 0.160. The van der Waals surface area contributed by atoms with Crippen LogP contribution in [0.1, 0.15) is 0 Å². The van der Waals surface area contributed by atoms with Crippen LogP contribution in [0.3, 0.4) is 0 Å². The molecule has 0 saturated carbocycles. The fourth-order valence-electron chi connectivity index (χ4n) is 0. The van der Waals surface area contributed by atoms with Gasteiger partial charge in [-0.2, -0.15) is 8.42 Å². The molecule has 0 heterocycles. The van der Waals surface area contributed by atoms with Crippen molar-refractivity contribution in [3.8, 4) is 0 Å². The molecule has 0 rings (SSSR count). The van der Waals surface area contributed by atoms with Crippen LogP contribution in [-0.2, 0) is 10.1 Å². The smallest absolute Gasteiger partial charge is 0.261 e. The zero-order chi connectivity index (χ0) is 6.50. The van der Waals surface area contributed by atoms with E-state index in [-0.39, 0.29) is 0 Å². The summed E-state index contributed by atoms with van der Waals surface area (Å²) in [4.78, 5) is 0. The highest BCUT2D eigenvalue weighted by molar-refractivity contribution is 7.85. The van der Waals surface area contributed by atoms with Crippen LogP contribution in [0.25, 0.3) is 0 Å². The van der Waals surface area contributed by atoms with Crippen molar-refractivity contribution in [3.05, 3.63) is 0 Å². The Morgan fingerprint density at radius 1 is 1.57 bits per heavy atom. The number of halogens is 1. The lowest BCUT2D eigenvalue weighted by Gasteiger charge is -1.69. The van der Waals surface area contributed by atoms with E-state index < -0.39 is 10.1 Å². The minimum atomic E-state index is -3.67. The summed E-state index contributed by atoms with van der Waals surface area (Å²) in [6.07, 6.45) is 0.715. The van der Waals surface area contributed by atoms with Crippen molar-refractivity contribution in [2.45, 2.75) is 0 Å². The topological polar surface area (TPSA) is 80.4 Å². The van der Waals surface area contributed by atoms with Crippen molar-refractivity contribution in [2.75, 3.05) is 6.26 Å². The highest BCUT2D eigenvalue weighted by atomic mass is 35.5. The van der Waals surface area contributed by atoms with E-state index in [1.54, 1.807) is 0 Å². The Balaban J connectivity index is 0. The maximum absolute atomic E-state index is 9.19. The molecule has 0 unspecified atom stereocenters. The van der Waals surface area contributed by atoms with Crippen LogP contribution >= 0.6 is 11.8 Å². The zero-order valence-electron chi connectivity index (χ0n) is 3.63. The molecule has 0 fully saturated rings. The van der Waals surface area contributed by atoms with Crippen LogP contribution in [0.15, 0.2) is 0 Å². The van der Waals surface area contributed by atoms with E-state index in [4.69, 9.17) is 4.55 Å². The molecule has 0 aromatic carbocycles. The molecular formula is CH6ClNO3S. The van der Waals surface area contributed by atoms with Gasteiger partial charge in [-0.15, -0.1) is 0 Å². The van der Waals surface area contributed by atoms with Crippen LogP contribution in [0.4, 0.5) is 0 Å². The van der Waals surface area contributed by atoms with Gasteiger partial charge in [-0.05, 0) is 11.8 Å². The van der Waals surface area contributed by atoms with E-state index in [0.29, 0.717) is 6.26 Å². The summed E-state index contributed by atoms with van der Waals surface area (Å²) in [5, 5.41) is 3.97. The van der Waals surface area contributed by atoms with Crippen molar-refractivity contribution in [2.24, 2.45) is 5.25 Å². The summed E-state index contributed by atoms with van der Waals surface area (Å²) in [6.45, 7) is 0. The van der Waals surface area contributed by atoms with Gasteiger partial charge >= 0.3 is 0 Å². The molecule has 0 aromatic heterocycles. The van der Waals surface area contributed by atoms with Gasteiger partial charge in [0.2, 0.25) is 0 Å². The normalized spacial score (nSPS) is 9.14. The first-order valence-electron chi connectivity index (χ1n) is 1.14. The van der Waals surface area contributed by atoms with Crippen LogP contribution < -0.4 is 5.25 Å². The van der Waals surface area contributed by atoms with Gasteiger partial charge < -0.3 is 0 Å². The molecule has 6 heteroatoms. The SMILES string of the molecule is CS(=O)(=O)O.NCl. The first-order valence-corrected chi connectivity index (χ1v) is 3.43. The molecule has 46 valence electrons. The minimum absolute atomic E-state index is 0.715. The third-order valence-electron chi connectivity index (χ3n) is 0. The predicted octanol–water partition coefficient (Wildman–Crippen LogP) is -0.397. The summed E-state index contributed by atoms with van der Waals surface area (Å²) >= 11 is 4.14. The Bertz CT molecular complexity index is 98.1. The third kappa shape index (κ3) is 4160. The molecule has 4 nitrogen and oxygen atoms in total. The Kier molecular flexibility index (Phi) is 6.30. The second kappa shape index (κ2) is 4.32. The van der Waals surface area contributed by atoms with E-state index in [2.05, 4.69) is 17.0 Å². The van der Waals surface area contributed by atoms with Crippen molar-refractivity contribution >= 4 is 21.9 Å². The van der Waals surface area contributed by atoms with Gasteiger partial charge in [0.25, 0.3) is 10.1 Å². The van der Waals surface area contributed by atoms with Gasteiger partial charge in [-0.3, -0.25) is 4.55 Å². The third-order valence-corrected chi connectivity index (χ3v) is 0. The Morgan fingerprint density at radius 2 is 1.57 bits per heavy atom. The fourth-order valence-corrected chi connectivity index (χ4v) is 0. The number of hydrogen-bond acceptors (Lipinski definition) is 3. The van der Waals surface area contributed by atoms with Crippen LogP contribution in [0.5, 0.6) is 0 Å². The van der Waals surface area contributed by atoms with E-state index in [0.717, 1.165) is 0 Å². The molecule has 0 amide bonds. The molecule has 0 spiro atoms. The Morgan fingerprint density at radius 3 is 1.57 bits per heavy atom. The first kappa shape index (κ1) is 10.2. The standard InChI is InChI=1S/CH4O3S.ClH2N/c1-5(2,3)4;1-2/h1H3,(H,2,3,4);2H2. The number of rotatable bonds is 0. The van der Waals surface area contributed by atoms with E-state index in [1.165, 1.54) is 0 Å². The molecule has 0 radical (unpaired) electrons. The van der Waals surface area contributed by atoms with E-state index in [9.17, 15) is 8.42 Å². The number of hydrogen-bond donors (Lipinski definition) is 2. The maximum Gasteiger partial charge on any atom is 0.261 e. The second-order valence-electron chi connectivity index (χ2n) is 0.733. The summed E-state index contributed by atoms with van der Waals surface area (Å²) in [7, 11) is -3.67. The Labute approximate surface area is 47.1 Å². The molecule has 0 aliphatic heterocycles. The molecule has 7 heavy (non-hydrogen) atoms. The van der Waals surface area contributed by atoms with Crippen molar-refractivity contribution < 1.29 is 13.0 Å². The van der Waals surface area contributed by atoms with E-state index in [1.807, 2.05) is 0 Å². The second-order valence-corrected chi connectivity index (χ2v) is 2.20. The fraction of sp³-hybridized carbons (Fsp3) is 1.00.